The van der Waals surface area contributed by atoms with E-state index in [1.807, 2.05) is 12.1 Å². The molecule has 1 aromatic carbocycles. The van der Waals surface area contributed by atoms with Crippen molar-refractivity contribution < 1.29 is 24.5 Å². The number of carboxylic acids is 2. The van der Waals surface area contributed by atoms with Crippen LogP contribution in [-0.2, 0) is 9.59 Å². The second-order valence-electron chi connectivity index (χ2n) is 4.24. The van der Waals surface area contributed by atoms with Crippen LogP contribution in [0, 0.1) is 11.8 Å². The summed E-state index contributed by atoms with van der Waals surface area (Å²) in [5.41, 5.74) is 0. The molecule has 6 nitrogen and oxygen atoms in total. The maximum absolute atomic E-state index is 9.10. The Morgan fingerprint density at radius 2 is 1.73 bits per heavy atom. The highest BCUT2D eigenvalue weighted by molar-refractivity contribution is 6.30. The zero-order valence-electron chi connectivity index (χ0n) is 12.3. The molecule has 0 radical (unpaired) electrons. The Hall–Kier alpha value is -2.23. The summed E-state index contributed by atoms with van der Waals surface area (Å²) in [7, 11) is 0. The Morgan fingerprint density at radius 1 is 1.18 bits per heavy atom. The van der Waals surface area contributed by atoms with Crippen LogP contribution in [0.3, 0.4) is 0 Å². The third-order valence-corrected chi connectivity index (χ3v) is 2.28. The molecule has 1 rings (SSSR count). The third kappa shape index (κ3) is 11.6. The van der Waals surface area contributed by atoms with Crippen LogP contribution in [-0.4, -0.2) is 41.3 Å². The van der Waals surface area contributed by atoms with Crippen LogP contribution in [0.4, 0.5) is 0 Å². The average Bonchev–Trinajstić information content (AvgIpc) is 2.45. The van der Waals surface area contributed by atoms with Crippen molar-refractivity contribution in [3.05, 3.63) is 29.3 Å². The molecule has 0 fully saturated rings. The highest BCUT2D eigenvalue weighted by atomic mass is 35.5. The van der Waals surface area contributed by atoms with Gasteiger partial charge in [-0.15, -0.1) is 0 Å². The van der Waals surface area contributed by atoms with Gasteiger partial charge in [-0.05, 0) is 38.1 Å². The van der Waals surface area contributed by atoms with Gasteiger partial charge in [0.1, 0.15) is 12.4 Å². The van der Waals surface area contributed by atoms with Gasteiger partial charge in [-0.2, -0.15) is 0 Å². The highest BCUT2D eigenvalue weighted by Crippen LogP contribution is 2.14. The molecule has 0 aliphatic rings. The van der Waals surface area contributed by atoms with Crippen LogP contribution in [0.25, 0.3) is 0 Å². The molecule has 0 unspecified atom stereocenters. The molecule has 0 aliphatic heterocycles. The molecular formula is C15H18ClNO5. The number of carbonyl (C=O) groups is 2. The Kier molecular flexibility index (Phi) is 10.3. The van der Waals surface area contributed by atoms with Gasteiger partial charge in [-0.1, -0.05) is 23.4 Å². The highest BCUT2D eigenvalue weighted by Gasteiger charge is 2.04. The van der Waals surface area contributed by atoms with Crippen molar-refractivity contribution in [1.29, 1.82) is 0 Å². The first kappa shape index (κ1) is 19.8. The van der Waals surface area contributed by atoms with Crippen LogP contribution >= 0.6 is 11.6 Å². The summed E-state index contributed by atoms with van der Waals surface area (Å²) in [6.07, 6.45) is 0. The Balaban J connectivity index is 0.000000626. The van der Waals surface area contributed by atoms with E-state index in [2.05, 4.69) is 31.0 Å². The first-order valence-electron chi connectivity index (χ1n) is 6.36. The van der Waals surface area contributed by atoms with Crippen LogP contribution in [0.1, 0.15) is 13.8 Å². The molecule has 7 heteroatoms. The van der Waals surface area contributed by atoms with Crippen molar-refractivity contribution in [1.82, 2.24) is 5.32 Å². The lowest BCUT2D eigenvalue weighted by molar-refractivity contribution is -0.159. The van der Waals surface area contributed by atoms with Gasteiger partial charge in [-0.3, -0.25) is 0 Å². The van der Waals surface area contributed by atoms with Gasteiger partial charge in [-0.25, -0.2) is 9.59 Å². The number of ether oxygens (including phenoxy) is 1. The minimum absolute atomic E-state index is 0.404. The molecule has 120 valence electrons. The van der Waals surface area contributed by atoms with Crippen molar-refractivity contribution in [2.45, 2.75) is 19.9 Å². The first-order valence-corrected chi connectivity index (χ1v) is 6.74. The van der Waals surface area contributed by atoms with Crippen molar-refractivity contribution in [2.24, 2.45) is 0 Å². The van der Waals surface area contributed by atoms with Gasteiger partial charge >= 0.3 is 11.9 Å². The van der Waals surface area contributed by atoms with Crippen molar-refractivity contribution in [3.8, 4) is 17.6 Å². The largest absolute Gasteiger partial charge is 0.481 e. The number of halogens is 1. The number of hydrogen-bond donors (Lipinski definition) is 3. The van der Waals surface area contributed by atoms with Gasteiger partial charge in [0.25, 0.3) is 0 Å². The summed E-state index contributed by atoms with van der Waals surface area (Å²) in [4.78, 5) is 18.2. The van der Waals surface area contributed by atoms with E-state index < -0.39 is 11.9 Å². The molecule has 3 N–H and O–H groups in total. The van der Waals surface area contributed by atoms with Gasteiger partial charge < -0.3 is 20.3 Å². The summed E-state index contributed by atoms with van der Waals surface area (Å²) in [6.45, 7) is 5.28. The monoisotopic (exact) mass is 327 g/mol. The lowest BCUT2D eigenvalue weighted by atomic mass is 10.3. The second-order valence-corrected chi connectivity index (χ2v) is 4.68. The van der Waals surface area contributed by atoms with E-state index in [9.17, 15) is 0 Å². The lowest BCUT2D eigenvalue weighted by Crippen LogP contribution is -2.22. The van der Waals surface area contributed by atoms with Crippen molar-refractivity contribution >= 4 is 23.5 Å². The molecule has 0 aromatic heterocycles. The molecule has 1 aromatic rings. The summed E-state index contributed by atoms with van der Waals surface area (Å²) < 4.78 is 5.41. The van der Waals surface area contributed by atoms with Crippen molar-refractivity contribution in [2.75, 3.05) is 13.2 Å². The van der Waals surface area contributed by atoms with E-state index in [-0.39, 0.29) is 0 Å². The smallest absolute Gasteiger partial charge is 0.414 e. The Bertz CT molecular complexity index is 519. The van der Waals surface area contributed by atoms with Gasteiger partial charge in [0.2, 0.25) is 0 Å². The molecule has 0 saturated carbocycles. The van der Waals surface area contributed by atoms with Gasteiger partial charge in [0, 0.05) is 11.1 Å². The molecule has 0 atom stereocenters. The predicted octanol–water partition coefficient (Wildman–Crippen LogP) is 1.88. The quantitative estimate of drug-likeness (QED) is 0.577. The SMILES string of the molecule is CC(C)NCC#CCOc1ccc(Cl)cc1.O=C(O)C(=O)O. The maximum atomic E-state index is 9.10. The van der Waals surface area contributed by atoms with E-state index >= 15 is 0 Å². The number of benzene rings is 1. The Morgan fingerprint density at radius 3 is 2.18 bits per heavy atom. The summed E-state index contributed by atoms with van der Waals surface area (Å²) in [5.74, 6) is 3.06. The summed E-state index contributed by atoms with van der Waals surface area (Å²) in [5, 5.41) is 18.7. The molecule has 22 heavy (non-hydrogen) atoms. The van der Waals surface area contributed by atoms with E-state index in [4.69, 9.17) is 36.1 Å². The number of carboxylic acid groups (broad SMARTS) is 2. The van der Waals surface area contributed by atoms with E-state index in [1.54, 1.807) is 12.1 Å². The molecule has 0 spiro atoms. The van der Waals surface area contributed by atoms with Crippen LogP contribution in [0.2, 0.25) is 5.02 Å². The number of nitrogens with one attached hydrogen (secondary N) is 1. The third-order valence-electron chi connectivity index (χ3n) is 2.03. The Labute approximate surface area is 134 Å². The minimum atomic E-state index is -1.82. The maximum Gasteiger partial charge on any atom is 0.414 e. The topological polar surface area (TPSA) is 95.9 Å². The summed E-state index contributed by atoms with van der Waals surface area (Å²) in [6, 6.07) is 7.72. The fourth-order valence-corrected chi connectivity index (χ4v) is 1.14. The predicted molar refractivity (Wildman–Crippen MR) is 83.1 cm³/mol. The molecular weight excluding hydrogens is 310 g/mol. The molecule has 0 amide bonds. The number of aliphatic carboxylic acids is 2. The van der Waals surface area contributed by atoms with Crippen molar-refractivity contribution in [3.63, 3.8) is 0 Å². The molecule has 0 saturated heterocycles. The average molecular weight is 328 g/mol. The van der Waals surface area contributed by atoms with Crippen LogP contribution in [0.15, 0.2) is 24.3 Å². The molecule has 0 bridgehead atoms. The first-order chi connectivity index (χ1) is 10.3. The standard InChI is InChI=1S/C13H16ClNO.C2H2O4/c1-11(2)15-9-3-4-10-16-13-7-5-12(14)6-8-13;3-1(4)2(5)6/h5-8,11,15H,9-10H2,1-2H3;(H,3,4)(H,5,6). The summed E-state index contributed by atoms with van der Waals surface area (Å²) >= 11 is 5.75. The fraction of sp³-hybridized carbons (Fsp3) is 0.333. The van der Waals surface area contributed by atoms with Crippen LogP contribution < -0.4 is 10.1 Å². The zero-order chi connectivity index (χ0) is 17.0. The van der Waals surface area contributed by atoms with Crippen LogP contribution in [0.5, 0.6) is 5.75 Å². The number of hydrogen-bond acceptors (Lipinski definition) is 4. The second kappa shape index (κ2) is 11.4. The lowest BCUT2D eigenvalue weighted by Gasteiger charge is -2.02. The van der Waals surface area contributed by atoms with Gasteiger partial charge in [0.15, 0.2) is 0 Å². The molecule has 0 heterocycles. The van der Waals surface area contributed by atoms with Gasteiger partial charge in [0.05, 0.1) is 6.54 Å². The molecule has 0 aliphatic carbocycles. The minimum Gasteiger partial charge on any atom is -0.481 e. The zero-order valence-corrected chi connectivity index (χ0v) is 13.1. The number of rotatable bonds is 4. The van der Waals surface area contributed by atoms with E-state index in [0.717, 1.165) is 5.75 Å². The van der Waals surface area contributed by atoms with E-state index in [0.29, 0.717) is 24.2 Å². The normalized spacial score (nSPS) is 9.09. The fourth-order valence-electron chi connectivity index (χ4n) is 1.02. The van der Waals surface area contributed by atoms with E-state index in [1.165, 1.54) is 0 Å².